The summed E-state index contributed by atoms with van der Waals surface area (Å²) in [4.78, 5) is 1.22. The molecule has 19 heavy (non-hydrogen) atoms. The Labute approximate surface area is 128 Å². The minimum absolute atomic E-state index is 0.0968. The zero-order valence-electron chi connectivity index (χ0n) is 10.8. The van der Waals surface area contributed by atoms with Crippen LogP contribution in [-0.4, -0.2) is 6.26 Å². The molecule has 0 aliphatic rings. The predicted molar refractivity (Wildman–Crippen MR) is 86.7 cm³/mol. The Morgan fingerprint density at radius 1 is 1.05 bits per heavy atom. The molecule has 0 aromatic heterocycles. The Bertz CT molecular complexity index is 572. The second-order valence-corrected chi connectivity index (χ2v) is 5.84. The van der Waals surface area contributed by atoms with Gasteiger partial charge in [-0.25, -0.2) is 0 Å². The van der Waals surface area contributed by atoms with Crippen LogP contribution in [0.4, 0.5) is 5.69 Å². The van der Waals surface area contributed by atoms with Crippen molar-refractivity contribution >= 4 is 40.7 Å². The fourth-order valence-electron chi connectivity index (χ4n) is 1.93. The van der Waals surface area contributed by atoms with Crippen LogP contribution in [0.2, 0.25) is 10.0 Å². The van der Waals surface area contributed by atoms with Gasteiger partial charge in [-0.05, 0) is 36.9 Å². The third-order valence-corrected chi connectivity index (χ3v) is 4.56. The van der Waals surface area contributed by atoms with Gasteiger partial charge in [-0.3, -0.25) is 0 Å². The maximum absolute atomic E-state index is 6.25. The molecule has 0 fully saturated rings. The van der Waals surface area contributed by atoms with E-state index in [1.165, 1.54) is 4.90 Å². The van der Waals surface area contributed by atoms with Crippen molar-refractivity contribution in [3.8, 4) is 0 Å². The fourth-order valence-corrected chi connectivity index (χ4v) is 2.96. The van der Waals surface area contributed by atoms with Crippen LogP contribution < -0.4 is 5.32 Å². The van der Waals surface area contributed by atoms with Crippen LogP contribution in [0.5, 0.6) is 0 Å². The SMILES string of the molecule is CSc1ccccc1NC(C)c1cccc(Cl)c1Cl. The summed E-state index contributed by atoms with van der Waals surface area (Å²) in [6.07, 6.45) is 2.07. The third kappa shape index (κ3) is 3.38. The molecule has 0 heterocycles. The van der Waals surface area contributed by atoms with Gasteiger partial charge in [-0.1, -0.05) is 47.5 Å². The summed E-state index contributed by atoms with van der Waals surface area (Å²) >= 11 is 14.0. The summed E-state index contributed by atoms with van der Waals surface area (Å²) in [5, 5.41) is 4.69. The number of hydrogen-bond donors (Lipinski definition) is 1. The van der Waals surface area contributed by atoms with E-state index in [0.29, 0.717) is 10.0 Å². The highest BCUT2D eigenvalue weighted by Gasteiger charge is 2.12. The number of para-hydroxylation sites is 1. The van der Waals surface area contributed by atoms with Gasteiger partial charge in [0.05, 0.1) is 16.1 Å². The van der Waals surface area contributed by atoms with Crippen molar-refractivity contribution in [2.75, 3.05) is 11.6 Å². The summed E-state index contributed by atoms with van der Waals surface area (Å²) in [6, 6.07) is 14.0. The number of rotatable bonds is 4. The molecule has 1 atom stereocenters. The van der Waals surface area contributed by atoms with Crippen molar-refractivity contribution in [3.05, 3.63) is 58.1 Å². The van der Waals surface area contributed by atoms with Crippen LogP contribution in [0, 0.1) is 0 Å². The molecule has 2 rings (SSSR count). The molecule has 1 nitrogen and oxygen atoms in total. The molecule has 0 saturated heterocycles. The van der Waals surface area contributed by atoms with Gasteiger partial charge in [0.1, 0.15) is 0 Å². The lowest BCUT2D eigenvalue weighted by molar-refractivity contribution is 0.880. The summed E-state index contributed by atoms with van der Waals surface area (Å²) in [7, 11) is 0. The average Bonchev–Trinajstić information content (AvgIpc) is 2.42. The molecule has 2 aromatic carbocycles. The van der Waals surface area contributed by atoms with Gasteiger partial charge in [0, 0.05) is 10.6 Å². The summed E-state index contributed by atoms with van der Waals surface area (Å²) in [6.45, 7) is 2.08. The van der Waals surface area contributed by atoms with Crippen LogP contribution in [-0.2, 0) is 0 Å². The van der Waals surface area contributed by atoms with Gasteiger partial charge >= 0.3 is 0 Å². The molecule has 100 valence electrons. The van der Waals surface area contributed by atoms with Gasteiger partial charge in [0.2, 0.25) is 0 Å². The lowest BCUT2D eigenvalue weighted by Crippen LogP contribution is -2.08. The second kappa shape index (κ2) is 6.56. The Hall–Kier alpha value is -0.830. The monoisotopic (exact) mass is 311 g/mol. The minimum Gasteiger partial charge on any atom is -0.378 e. The molecule has 0 aliphatic heterocycles. The summed E-state index contributed by atoms with van der Waals surface area (Å²) < 4.78 is 0. The van der Waals surface area contributed by atoms with Crippen LogP contribution in [0.25, 0.3) is 0 Å². The van der Waals surface area contributed by atoms with E-state index in [9.17, 15) is 0 Å². The molecule has 1 N–H and O–H groups in total. The standard InChI is InChI=1S/C15H15Cl2NS/c1-10(11-6-5-7-12(16)15(11)17)18-13-8-3-4-9-14(13)19-2/h3-10,18H,1-2H3. The summed E-state index contributed by atoms with van der Waals surface area (Å²) in [5.74, 6) is 0. The van der Waals surface area contributed by atoms with E-state index in [1.54, 1.807) is 17.8 Å². The quantitative estimate of drug-likeness (QED) is 0.707. The van der Waals surface area contributed by atoms with Gasteiger partial charge in [0.25, 0.3) is 0 Å². The molecule has 0 amide bonds. The molecule has 0 bridgehead atoms. The molecular formula is C15H15Cl2NS. The number of hydrogen-bond acceptors (Lipinski definition) is 2. The van der Waals surface area contributed by atoms with Gasteiger partial charge in [-0.15, -0.1) is 11.8 Å². The number of nitrogens with one attached hydrogen (secondary N) is 1. The molecule has 1 unspecified atom stereocenters. The van der Waals surface area contributed by atoms with Crippen LogP contribution in [0.1, 0.15) is 18.5 Å². The first-order valence-corrected chi connectivity index (χ1v) is 7.95. The Kier molecular flexibility index (Phi) is 5.03. The lowest BCUT2D eigenvalue weighted by Gasteiger charge is -2.19. The second-order valence-electron chi connectivity index (χ2n) is 4.21. The normalized spacial score (nSPS) is 12.2. The molecule has 4 heteroatoms. The van der Waals surface area contributed by atoms with E-state index in [1.807, 2.05) is 24.3 Å². The smallest absolute Gasteiger partial charge is 0.0644 e. The first kappa shape index (κ1) is 14.6. The van der Waals surface area contributed by atoms with E-state index < -0.39 is 0 Å². The van der Waals surface area contributed by atoms with Crippen molar-refractivity contribution in [2.45, 2.75) is 17.9 Å². The molecule has 0 spiro atoms. The van der Waals surface area contributed by atoms with Crippen LogP contribution in [0.3, 0.4) is 0 Å². The van der Waals surface area contributed by atoms with Crippen molar-refractivity contribution in [2.24, 2.45) is 0 Å². The highest BCUT2D eigenvalue weighted by molar-refractivity contribution is 7.98. The highest BCUT2D eigenvalue weighted by atomic mass is 35.5. The maximum atomic E-state index is 6.25. The number of thioether (sulfide) groups is 1. The van der Waals surface area contributed by atoms with Gasteiger partial charge < -0.3 is 5.32 Å². The number of halogens is 2. The molecule has 0 aliphatic carbocycles. The van der Waals surface area contributed by atoms with E-state index in [2.05, 4.69) is 30.6 Å². The predicted octanol–water partition coefficient (Wildman–Crippen LogP) is 5.89. The number of anilines is 1. The Morgan fingerprint density at radius 3 is 2.53 bits per heavy atom. The van der Waals surface area contributed by atoms with Crippen LogP contribution >= 0.6 is 35.0 Å². The van der Waals surface area contributed by atoms with Gasteiger partial charge in [-0.2, -0.15) is 0 Å². The summed E-state index contributed by atoms with van der Waals surface area (Å²) in [5.41, 5.74) is 2.11. The lowest BCUT2D eigenvalue weighted by atomic mass is 10.1. The first-order valence-electron chi connectivity index (χ1n) is 5.97. The topological polar surface area (TPSA) is 12.0 Å². The van der Waals surface area contributed by atoms with E-state index in [-0.39, 0.29) is 6.04 Å². The van der Waals surface area contributed by atoms with Crippen molar-refractivity contribution in [1.29, 1.82) is 0 Å². The van der Waals surface area contributed by atoms with Crippen LogP contribution in [0.15, 0.2) is 47.4 Å². The molecule has 0 saturated carbocycles. The van der Waals surface area contributed by atoms with Gasteiger partial charge in [0.15, 0.2) is 0 Å². The Balaban J connectivity index is 2.26. The molecular weight excluding hydrogens is 297 g/mol. The van der Waals surface area contributed by atoms with Crippen molar-refractivity contribution in [3.63, 3.8) is 0 Å². The third-order valence-electron chi connectivity index (χ3n) is 2.93. The van der Waals surface area contributed by atoms with E-state index >= 15 is 0 Å². The van der Waals surface area contributed by atoms with E-state index in [0.717, 1.165) is 11.3 Å². The zero-order valence-corrected chi connectivity index (χ0v) is 13.1. The van der Waals surface area contributed by atoms with Crippen molar-refractivity contribution in [1.82, 2.24) is 0 Å². The zero-order chi connectivity index (χ0) is 13.8. The molecule has 2 aromatic rings. The number of benzene rings is 2. The fraction of sp³-hybridized carbons (Fsp3) is 0.200. The largest absolute Gasteiger partial charge is 0.378 e. The van der Waals surface area contributed by atoms with Crippen molar-refractivity contribution < 1.29 is 0 Å². The first-order chi connectivity index (χ1) is 9.13. The van der Waals surface area contributed by atoms with E-state index in [4.69, 9.17) is 23.2 Å². The minimum atomic E-state index is 0.0968. The molecule has 0 radical (unpaired) electrons. The average molecular weight is 312 g/mol. The highest BCUT2D eigenvalue weighted by Crippen LogP contribution is 2.33. The Morgan fingerprint density at radius 2 is 1.79 bits per heavy atom. The maximum Gasteiger partial charge on any atom is 0.0644 e.